The molecule has 0 aliphatic carbocycles. The zero-order chi connectivity index (χ0) is 19.7. The highest BCUT2D eigenvalue weighted by molar-refractivity contribution is 6.17. The number of amidine groups is 1. The topological polar surface area (TPSA) is 61.8 Å². The molecule has 0 saturated heterocycles. The van der Waals surface area contributed by atoms with Gasteiger partial charge in [-0.15, -0.1) is 0 Å². The summed E-state index contributed by atoms with van der Waals surface area (Å²) in [6.45, 7) is 1.86. The van der Waals surface area contributed by atoms with E-state index in [2.05, 4.69) is 10.3 Å². The highest BCUT2D eigenvalue weighted by atomic mass is 19.1. The van der Waals surface area contributed by atoms with E-state index in [1.807, 2.05) is 19.1 Å². The summed E-state index contributed by atoms with van der Waals surface area (Å²) in [5, 5.41) is 2.83. The minimum atomic E-state index is -1.50. The number of rotatable bonds is 4. The van der Waals surface area contributed by atoms with Crippen LogP contribution in [-0.2, 0) is 11.2 Å². The van der Waals surface area contributed by atoms with Gasteiger partial charge in [-0.05, 0) is 48.4 Å². The molecule has 2 amide bonds. The van der Waals surface area contributed by atoms with Crippen LogP contribution < -0.4 is 5.32 Å². The molecule has 0 radical (unpaired) electrons. The Bertz CT molecular complexity index is 1030. The number of carbonyl (C=O) groups excluding carboxylic acids is 2. The lowest BCUT2D eigenvalue weighted by molar-refractivity contribution is -0.130. The first-order valence-corrected chi connectivity index (χ1v) is 8.89. The molecule has 2 aromatic rings. The summed E-state index contributed by atoms with van der Waals surface area (Å²) >= 11 is 0. The fourth-order valence-electron chi connectivity index (χ4n) is 3.33. The van der Waals surface area contributed by atoms with Crippen molar-refractivity contribution < 1.29 is 14.0 Å². The molecule has 2 aliphatic heterocycles. The van der Waals surface area contributed by atoms with Gasteiger partial charge in [-0.1, -0.05) is 36.4 Å². The smallest absolute Gasteiger partial charge is 0.281 e. The molecule has 6 heteroatoms. The molecule has 0 fully saturated rings. The Balaban J connectivity index is 1.74. The van der Waals surface area contributed by atoms with E-state index >= 15 is 0 Å². The predicted molar refractivity (Wildman–Crippen MR) is 104 cm³/mol. The molecule has 5 nitrogen and oxygen atoms in total. The first-order valence-electron chi connectivity index (χ1n) is 8.89. The van der Waals surface area contributed by atoms with E-state index in [1.165, 1.54) is 17.0 Å². The summed E-state index contributed by atoms with van der Waals surface area (Å²) in [6.07, 6.45) is 5.37. The number of allylic oxidation sites excluding steroid dienone is 2. The normalized spacial score (nSPS) is 20.5. The van der Waals surface area contributed by atoms with Crippen LogP contribution in [0.25, 0.3) is 0 Å². The second-order valence-electron chi connectivity index (χ2n) is 6.79. The summed E-state index contributed by atoms with van der Waals surface area (Å²) in [6, 6.07) is 14.5. The van der Waals surface area contributed by atoms with Crippen LogP contribution in [0.15, 0.2) is 83.5 Å². The number of hydrogen-bond acceptors (Lipinski definition) is 3. The van der Waals surface area contributed by atoms with Gasteiger partial charge >= 0.3 is 0 Å². The fraction of sp³-hybridized carbons (Fsp3) is 0.136. The Labute approximate surface area is 161 Å². The van der Waals surface area contributed by atoms with Crippen LogP contribution in [0, 0.1) is 5.82 Å². The largest absolute Gasteiger partial charge is 0.320 e. The number of nitrogens with one attached hydrogen (secondary N) is 1. The van der Waals surface area contributed by atoms with E-state index < -0.39 is 11.6 Å². The standard InChI is InChI=1S/C22H18FN3O2/c1-15-6-5-13-26-19(15)24-22(21(26)28,14-16-9-11-18(23)12-10-16)25-20(27)17-7-3-2-4-8-17/h2-13H,14H2,1H3,(H,25,27). The molecule has 2 aliphatic rings. The van der Waals surface area contributed by atoms with Crippen LogP contribution in [0.1, 0.15) is 22.8 Å². The van der Waals surface area contributed by atoms with Crippen LogP contribution in [0.4, 0.5) is 4.39 Å². The second kappa shape index (κ2) is 6.88. The summed E-state index contributed by atoms with van der Waals surface area (Å²) in [7, 11) is 0. The lowest BCUT2D eigenvalue weighted by Gasteiger charge is -2.27. The third-order valence-electron chi connectivity index (χ3n) is 4.76. The molecule has 0 aromatic heterocycles. The lowest BCUT2D eigenvalue weighted by Crippen LogP contribution is -2.55. The van der Waals surface area contributed by atoms with Gasteiger partial charge in [0.2, 0.25) is 5.66 Å². The average Bonchev–Trinajstić information content (AvgIpc) is 2.98. The summed E-state index contributed by atoms with van der Waals surface area (Å²) in [5.41, 5.74) is 0.453. The number of nitrogens with zero attached hydrogens (tertiary/aromatic N) is 2. The Kier molecular flexibility index (Phi) is 4.39. The molecular formula is C22H18FN3O2. The van der Waals surface area contributed by atoms with E-state index in [1.54, 1.807) is 48.7 Å². The van der Waals surface area contributed by atoms with Crippen molar-refractivity contribution in [2.24, 2.45) is 4.99 Å². The van der Waals surface area contributed by atoms with Crippen LogP contribution >= 0.6 is 0 Å². The number of aliphatic imine (C=N–C) groups is 1. The predicted octanol–water partition coefficient (Wildman–Crippen LogP) is 3.21. The van der Waals surface area contributed by atoms with Crippen LogP contribution in [0.2, 0.25) is 0 Å². The number of carbonyl (C=O) groups is 2. The highest BCUT2D eigenvalue weighted by Gasteiger charge is 2.49. The van der Waals surface area contributed by atoms with Gasteiger partial charge in [0.05, 0.1) is 0 Å². The van der Waals surface area contributed by atoms with Gasteiger partial charge in [-0.25, -0.2) is 9.38 Å². The quantitative estimate of drug-likeness (QED) is 0.892. The minimum Gasteiger partial charge on any atom is -0.320 e. The Morgan fingerprint density at radius 2 is 1.86 bits per heavy atom. The Hall–Kier alpha value is -3.54. The van der Waals surface area contributed by atoms with Crippen molar-refractivity contribution in [1.82, 2.24) is 10.2 Å². The first-order chi connectivity index (χ1) is 13.5. The van der Waals surface area contributed by atoms with Crippen molar-refractivity contribution in [2.45, 2.75) is 19.0 Å². The summed E-state index contributed by atoms with van der Waals surface area (Å²) < 4.78 is 13.3. The van der Waals surface area contributed by atoms with Crippen molar-refractivity contribution in [3.05, 3.63) is 95.5 Å². The molecular weight excluding hydrogens is 357 g/mol. The average molecular weight is 375 g/mol. The zero-order valence-corrected chi connectivity index (χ0v) is 15.2. The van der Waals surface area contributed by atoms with E-state index in [9.17, 15) is 14.0 Å². The fourth-order valence-corrected chi connectivity index (χ4v) is 3.33. The SMILES string of the molecule is CC1=CC=CN2C(=O)C(Cc3ccc(F)cc3)(NC(=O)c3ccccc3)N=C12. The molecule has 0 bridgehead atoms. The summed E-state index contributed by atoms with van der Waals surface area (Å²) in [5.74, 6) is -0.608. The molecule has 1 unspecified atom stereocenters. The van der Waals surface area contributed by atoms with Crippen molar-refractivity contribution in [1.29, 1.82) is 0 Å². The van der Waals surface area contributed by atoms with Crippen molar-refractivity contribution in [3.63, 3.8) is 0 Å². The van der Waals surface area contributed by atoms with Gasteiger partial charge < -0.3 is 5.32 Å². The third kappa shape index (κ3) is 3.13. The Morgan fingerprint density at radius 1 is 1.14 bits per heavy atom. The van der Waals surface area contributed by atoms with Gasteiger partial charge in [0.15, 0.2) is 0 Å². The van der Waals surface area contributed by atoms with Crippen LogP contribution in [0.3, 0.4) is 0 Å². The van der Waals surface area contributed by atoms with Gasteiger partial charge in [-0.3, -0.25) is 14.5 Å². The third-order valence-corrected chi connectivity index (χ3v) is 4.76. The van der Waals surface area contributed by atoms with Gasteiger partial charge in [0.25, 0.3) is 11.8 Å². The maximum atomic E-state index is 13.3. The molecule has 1 atom stereocenters. The molecule has 1 N–H and O–H groups in total. The number of halogens is 1. The van der Waals surface area contributed by atoms with E-state index in [4.69, 9.17) is 0 Å². The zero-order valence-electron chi connectivity index (χ0n) is 15.2. The molecule has 4 rings (SSSR count). The molecule has 140 valence electrons. The monoisotopic (exact) mass is 375 g/mol. The van der Waals surface area contributed by atoms with Crippen molar-refractivity contribution >= 4 is 17.6 Å². The van der Waals surface area contributed by atoms with E-state index in [-0.39, 0.29) is 18.1 Å². The van der Waals surface area contributed by atoms with Crippen molar-refractivity contribution in [3.8, 4) is 0 Å². The van der Waals surface area contributed by atoms with Crippen molar-refractivity contribution in [2.75, 3.05) is 0 Å². The molecule has 28 heavy (non-hydrogen) atoms. The number of hydrogen-bond donors (Lipinski definition) is 1. The number of amides is 2. The highest BCUT2D eigenvalue weighted by Crippen LogP contribution is 2.30. The lowest BCUT2D eigenvalue weighted by atomic mass is 9.98. The molecule has 0 saturated carbocycles. The molecule has 2 heterocycles. The maximum absolute atomic E-state index is 13.3. The maximum Gasteiger partial charge on any atom is 0.281 e. The number of benzene rings is 2. The van der Waals surface area contributed by atoms with Crippen LogP contribution in [0.5, 0.6) is 0 Å². The Morgan fingerprint density at radius 3 is 2.54 bits per heavy atom. The van der Waals surface area contributed by atoms with Gasteiger partial charge in [-0.2, -0.15) is 0 Å². The second-order valence-corrected chi connectivity index (χ2v) is 6.79. The minimum absolute atomic E-state index is 0.117. The summed E-state index contributed by atoms with van der Waals surface area (Å²) in [4.78, 5) is 32.2. The van der Waals surface area contributed by atoms with E-state index in [0.717, 1.165) is 5.57 Å². The first kappa shape index (κ1) is 17.9. The molecule has 2 aromatic carbocycles. The van der Waals surface area contributed by atoms with Gasteiger partial charge in [0.1, 0.15) is 11.7 Å². The molecule has 0 spiro atoms. The van der Waals surface area contributed by atoms with Crippen LogP contribution in [-0.4, -0.2) is 28.2 Å². The van der Waals surface area contributed by atoms with Gasteiger partial charge in [0, 0.05) is 18.2 Å². The van der Waals surface area contributed by atoms with E-state index in [0.29, 0.717) is 17.0 Å². The number of fused-ring (bicyclic) bond motifs is 1.